The van der Waals surface area contributed by atoms with E-state index in [0.29, 0.717) is 18.8 Å². The fraction of sp³-hybridized carbons (Fsp3) is 0.417. The van der Waals surface area contributed by atoms with Crippen molar-refractivity contribution in [2.45, 2.75) is 12.5 Å². The summed E-state index contributed by atoms with van der Waals surface area (Å²) in [6, 6.07) is 5.53. The third kappa shape index (κ3) is 1.84. The molecule has 18 heavy (non-hydrogen) atoms. The minimum absolute atomic E-state index is 0.0904. The van der Waals surface area contributed by atoms with Crippen LogP contribution < -0.4 is 25.4 Å². The molecule has 6 nitrogen and oxygen atoms in total. The second-order valence-electron chi connectivity index (χ2n) is 4.37. The van der Waals surface area contributed by atoms with E-state index in [9.17, 15) is 4.79 Å². The Morgan fingerprint density at radius 1 is 1.39 bits per heavy atom. The van der Waals surface area contributed by atoms with Crippen molar-refractivity contribution in [1.82, 2.24) is 5.32 Å². The number of amides is 2. The number of anilines is 1. The standard InChI is InChI=1S/C12H15N3O3/c13-4-3-8-6-15(12(16)14-8)9-1-2-10-11(5-9)18-7-17-10/h1-2,5,8H,3-4,6-7,13H2,(H,14,16). The lowest BCUT2D eigenvalue weighted by Gasteiger charge is -2.15. The number of benzene rings is 1. The van der Waals surface area contributed by atoms with Crippen molar-refractivity contribution in [1.29, 1.82) is 0 Å². The summed E-state index contributed by atoms with van der Waals surface area (Å²) in [5.41, 5.74) is 6.32. The summed E-state index contributed by atoms with van der Waals surface area (Å²) in [6.45, 7) is 1.44. The van der Waals surface area contributed by atoms with Gasteiger partial charge in [-0.1, -0.05) is 0 Å². The van der Waals surface area contributed by atoms with Crippen LogP contribution in [0.15, 0.2) is 18.2 Å². The zero-order valence-corrected chi connectivity index (χ0v) is 9.89. The molecule has 0 saturated carbocycles. The monoisotopic (exact) mass is 249 g/mol. The summed E-state index contributed by atoms with van der Waals surface area (Å²) in [5, 5.41) is 2.91. The number of hydrogen-bond donors (Lipinski definition) is 2. The first kappa shape index (κ1) is 11.2. The molecule has 0 radical (unpaired) electrons. The Balaban J connectivity index is 1.80. The van der Waals surface area contributed by atoms with Crippen molar-refractivity contribution >= 4 is 11.7 Å². The van der Waals surface area contributed by atoms with Gasteiger partial charge in [-0.15, -0.1) is 0 Å². The van der Waals surface area contributed by atoms with Crippen molar-refractivity contribution in [3.8, 4) is 11.5 Å². The minimum atomic E-state index is -0.0904. The Labute approximate surface area is 105 Å². The fourth-order valence-corrected chi connectivity index (χ4v) is 2.24. The molecule has 1 unspecified atom stereocenters. The molecular formula is C12H15N3O3. The van der Waals surface area contributed by atoms with E-state index in [-0.39, 0.29) is 18.9 Å². The smallest absolute Gasteiger partial charge is 0.322 e. The SMILES string of the molecule is NCCC1CN(c2ccc3c(c2)OCO3)C(=O)N1. The number of rotatable bonds is 3. The van der Waals surface area contributed by atoms with Crippen molar-refractivity contribution in [2.24, 2.45) is 5.73 Å². The molecule has 0 spiro atoms. The Bertz CT molecular complexity index is 478. The topological polar surface area (TPSA) is 76.8 Å². The quantitative estimate of drug-likeness (QED) is 0.825. The second-order valence-corrected chi connectivity index (χ2v) is 4.37. The van der Waals surface area contributed by atoms with Crippen LogP contribution in [0.5, 0.6) is 11.5 Å². The van der Waals surface area contributed by atoms with E-state index in [1.807, 2.05) is 18.2 Å². The number of nitrogens with two attached hydrogens (primary N) is 1. The van der Waals surface area contributed by atoms with Gasteiger partial charge in [0.25, 0.3) is 0 Å². The molecule has 3 N–H and O–H groups in total. The lowest BCUT2D eigenvalue weighted by molar-refractivity contribution is 0.174. The van der Waals surface area contributed by atoms with Gasteiger partial charge in [-0.25, -0.2) is 4.79 Å². The predicted molar refractivity (Wildman–Crippen MR) is 65.9 cm³/mol. The average molecular weight is 249 g/mol. The summed E-state index contributed by atoms with van der Waals surface area (Å²) in [4.78, 5) is 13.6. The predicted octanol–water partition coefficient (Wildman–Crippen LogP) is 0.662. The number of carbonyl (C=O) groups is 1. The number of ether oxygens (including phenoxy) is 2. The molecule has 3 rings (SSSR count). The average Bonchev–Trinajstić information content (AvgIpc) is 2.95. The van der Waals surface area contributed by atoms with Gasteiger partial charge in [0.1, 0.15) is 0 Å². The van der Waals surface area contributed by atoms with Crippen LogP contribution in [0.25, 0.3) is 0 Å². The second kappa shape index (κ2) is 4.38. The summed E-state index contributed by atoms with van der Waals surface area (Å²) in [7, 11) is 0. The van der Waals surface area contributed by atoms with Gasteiger partial charge in [0.15, 0.2) is 11.5 Å². The number of fused-ring (bicyclic) bond motifs is 1. The molecule has 0 aromatic heterocycles. The van der Waals surface area contributed by atoms with Gasteiger partial charge in [-0.3, -0.25) is 4.90 Å². The van der Waals surface area contributed by atoms with Crippen LogP contribution in [0.1, 0.15) is 6.42 Å². The summed E-state index contributed by atoms with van der Waals surface area (Å²) in [6.07, 6.45) is 0.785. The third-order valence-corrected chi connectivity index (χ3v) is 3.16. The first-order chi connectivity index (χ1) is 8.78. The summed E-state index contributed by atoms with van der Waals surface area (Å²) >= 11 is 0. The van der Waals surface area contributed by atoms with Gasteiger partial charge in [-0.05, 0) is 25.1 Å². The van der Waals surface area contributed by atoms with E-state index in [1.54, 1.807) is 4.90 Å². The normalized spacial score (nSPS) is 21.3. The molecule has 2 aliphatic heterocycles. The molecule has 96 valence electrons. The first-order valence-electron chi connectivity index (χ1n) is 5.95. The lowest BCUT2D eigenvalue weighted by Crippen LogP contribution is -2.29. The number of carbonyl (C=O) groups excluding carboxylic acids is 1. The van der Waals surface area contributed by atoms with Crippen LogP contribution in [0.3, 0.4) is 0 Å². The summed E-state index contributed by atoms with van der Waals surface area (Å²) in [5.74, 6) is 1.40. The van der Waals surface area contributed by atoms with Crippen molar-refractivity contribution < 1.29 is 14.3 Å². The van der Waals surface area contributed by atoms with Crippen molar-refractivity contribution in [3.05, 3.63) is 18.2 Å². The highest BCUT2D eigenvalue weighted by Gasteiger charge is 2.30. The van der Waals surface area contributed by atoms with E-state index in [4.69, 9.17) is 15.2 Å². The van der Waals surface area contributed by atoms with Gasteiger partial charge in [-0.2, -0.15) is 0 Å². The molecule has 1 aromatic rings. The highest BCUT2D eigenvalue weighted by Crippen LogP contribution is 2.36. The molecule has 6 heteroatoms. The molecule has 0 aliphatic carbocycles. The van der Waals surface area contributed by atoms with Crippen molar-refractivity contribution in [3.63, 3.8) is 0 Å². The molecular weight excluding hydrogens is 234 g/mol. The molecule has 2 heterocycles. The minimum Gasteiger partial charge on any atom is -0.454 e. The van der Waals surface area contributed by atoms with Crippen molar-refractivity contribution in [2.75, 3.05) is 24.8 Å². The largest absolute Gasteiger partial charge is 0.454 e. The number of urea groups is 1. The Hall–Kier alpha value is -1.95. The maximum atomic E-state index is 11.9. The molecule has 1 fully saturated rings. The Morgan fingerprint density at radius 2 is 2.22 bits per heavy atom. The van der Waals surface area contributed by atoms with E-state index in [0.717, 1.165) is 17.9 Å². The number of nitrogens with one attached hydrogen (secondary N) is 1. The zero-order valence-electron chi connectivity index (χ0n) is 9.89. The van der Waals surface area contributed by atoms with Crippen LogP contribution in [0.4, 0.5) is 10.5 Å². The highest BCUT2D eigenvalue weighted by atomic mass is 16.7. The molecule has 0 bridgehead atoms. The highest BCUT2D eigenvalue weighted by molar-refractivity contribution is 5.94. The fourth-order valence-electron chi connectivity index (χ4n) is 2.24. The van der Waals surface area contributed by atoms with Gasteiger partial charge in [0.05, 0.1) is 0 Å². The van der Waals surface area contributed by atoms with Crippen LogP contribution in [-0.4, -0.2) is 32.0 Å². The first-order valence-corrected chi connectivity index (χ1v) is 5.95. The number of hydrogen-bond acceptors (Lipinski definition) is 4. The van der Waals surface area contributed by atoms with E-state index in [2.05, 4.69) is 5.32 Å². The summed E-state index contributed by atoms with van der Waals surface area (Å²) < 4.78 is 10.6. The zero-order chi connectivity index (χ0) is 12.5. The van der Waals surface area contributed by atoms with E-state index in [1.165, 1.54) is 0 Å². The molecule has 1 atom stereocenters. The molecule has 1 aromatic carbocycles. The van der Waals surface area contributed by atoms with Gasteiger partial charge < -0.3 is 20.5 Å². The molecule has 2 amide bonds. The van der Waals surface area contributed by atoms with Crippen LogP contribution in [0.2, 0.25) is 0 Å². The maximum Gasteiger partial charge on any atom is 0.322 e. The molecule has 1 saturated heterocycles. The van der Waals surface area contributed by atoms with Crippen LogP contribution in [-0.2, 0) is 0 Å². The lowest BCUT2D eigenvalue weighted by atomic mass is 10.2. The Kier molecular flexibility index (Phi) is 2.71. The van der Waals surface area contributed by atoms with E-state index >= 15 is 0 Å². The van der Waals surface area contributed by atoms with E-state index < -0.39 is 0 Å². The van der Waals surface area contributed by atoms with Gasteiger partial charge in [0, 0.05) is 24.3 Å². The number of nitrogens with zero attached hydrogens (tertiary/aromatic N) is 1. The molecule has 2 aliphatic rings. The van der Waals surface area contributed by atoms with Crippen LogP contribution in [0, 0.1) is 0 Å². The maximum absolute atomic E-state index is 11.9. The van der Waals surface area contributed by atoms with Gasteiger partial charge in [0.2, 0.25) is 6.79 Å². The van der Waals surface area contributed by atoms with Crippen LogP contribution >= 0.6 is 0 Å². The third-order valence-electron chi connectivity index (χ3n) is 3.16. The Morgan fingerprint density at radius 3 is 3.06 bits per heavy atom. The van der Waals surface area contributed by atoms with Gasteiger partial charge >= 0.3 is 6.03 Å².